The lowest BCUT2D eigenvalue weighted by Gasteiger charge is -2.34. The van der Waals surface area contributed by atoms with Gasteiger partial charge in [0.15, 0.2) is 0 Å². The Bertz CT molecular complexity index is 715. The lowest BCUT2D eigenvalue weighted by molar-refractivity contribution is 0.343. The number of hydrogen-bond acceptors (Lipinski definition) is 3. The number of benzene rings is 2. The van der Waals surface area contributed by atoms with Gasteiger partial charge in [-0.15, -0.1) is 11.8 Å². The summed E-state index contributed by atoms with van der Waals surface area (Å²) in [5, 5.41) is 0. The van der Waals surface area contributed by atoms with Crippen LogP contribution in [0, 0.1) is 12.3 Å². The summed E-state index contributed by atoms with van der Waals surface area (Å²) < 4.78 is 5.58. The second-order valence-corrected chi connectivity index (χ2v) is 8.43. The molecule has 2 nitrogen and oxygen atoms in total. The molecule has 0 N–H and O–H groups in total. The van der Waals surface area contributed by atoms with Crippen molar-refractivity contribution in [2.75, 3.05) is 24.3 Å². The van der Waals surface area contributed by atoms with Crippen molar-refractivity contribution < 1.29 is 4.74 Å². The smallest absolute Gasteiger partial charge is 0.123 e. The summed E-state index contributed by atoms with van der Waals surface area (Å²) in [6.07, 6.45) is 3.81. The van der Waals surface area contributed by atoms with Crippen LogP contribution in [0.3, 0.4) is 0 Å². The maximum absolute atomic E-state index is 5.58. The summed E-state index contributed by atoms with van der Waals surface area (Å²) in [7, 11) is 1.76. The molecule has 1 atom stereocenters. The minimum Gasteiger partial charge on any atom is -0.496 e. The average Bonchev–Trinajstić information content (AvgIpc) is 2.77. The van der Waals surface area contributed by atoms with Crippen molar-refractivity contribution in [3.05, 3.63) is 48.0 Å². The van der Waals surface area contributed by atoms with Gasteiger partial charge in [-0.3, -0.25) is 0 Å². The van der Waals surface area contributed by atoms with Gasteiger partial charge in [0.2, 0.25) is 0 Å². The number of fused-ring (bicyclic) bond motifs is 1. The molecule has 0 saturated heterocycles. The Morgan fingerprint density at radius 2 is 1.96 bits per heavy atom. The molecule has 0 radical (unpaired) electrons. The van der Waals surface area contributed by atoms with Crippen LogP contribution in [0.25, 0.3) is 0 Å². The number of ether oxygens (including phenoxy) is 1. The van der Waals surface area contributed by atoms with Crippen LogP contribution >= 0.6 is 11.8 Å². The third-order valence-electron chi connectivity index (χ3n) is 5.08. The first-order valence-electron chi connectivity index (χ1n) is 9.20. The number of hydrogen-bond donors (Lipinski definition) is 0. The molecule has 3 rings (SSSR count). The minimum absolute atomic E-state index is 0.302. The predicted octanol–water partition coefficient (Wildman–Crippen LogP) is 6.44. The van der Waals surface area contributed by atoms with Gasteiger partial charge >= 0.3 is 0 Å². The summed E-state index contributed by atoms with van der Waals surface area (Å²) in [4.78, 5) is 3.84. The molecule has 1 aliphatic heterocycles. The molecular formula is C22H29NOS. The van der Waals surface area contributed by atoms with Crippen LogP contribution in [0.15, 0.2) is 47.4 Å². The van der Waals surface area contributed by atoms with E-state index in [9.17, 15) is 0 Å². The lowest BCUT2D eigenvalue weighted by atomic mass is 9.86. The molecule has 0 saturated carbocycles. The summed E-state index contributed by atoms with van der Waals surface area (Å²) in [5.74, 6) is 2.13. The maximum atomic E-state index is 5.58. The van der Waals surface area contributed by atoms with Gasteiger partial charge in [-0.25, -0.2) is 0 Å². The summed E-state index contributed by atoms with van der Waals surface area (Å²) in [6, 6.07) is 15.3. The third-order valence-corrected chi connectivity index (χ3v) is 6.56. The molecule has 2 aromatic rings. The van der Waals surface area contributed by atoms with Gasteiger partial charge in [0.1, 0.15) is 5.75 Å². The molecule has 0 bridgehead atoms. The van der Waals surface area contributed by atoms with Gasteiger partial charge in [0.25, 0.3) is 0 Å². The highest BCUT2D eigenvalue weighted by Crippen LogP contribution is 2.46. The number of anilines is 2. The molecule has 134 valence electrons. The van der Waals surface area contributed by atoms with E-state index >= 15 is 0 Å². The Balaban J connectivity index is 2.06. The summed E-state index contributed by atoms with van der Waals surface area (Å²) >= 11 is 1.98. The molecule has 1 unspecified atom stereocenters. The average molecular weight is 356 g/mol. The highest BCUT2D eigenvalue weighted by Gasteiger charge is 2.32. The fraction of sp³-hybridized carbons (Fsp3) is 0.455. The first kappa shape index (κ1) is 18.2. The molecule has 0 spiro atoms. The van der Waals surface area contributed by atoms with Crippen LogP contribution < -0.4 is 9.64 Å². The maximum Gasteiger partial charge on any atom is 0.123 e. The Labute approximate surface area is 156 Å². The Morgan fingerprint density at radius 1 is 1.20 bits per heavy atom. The second-order valence-electron chi connectivity index (χ2n) is 7.41. The minimum atomic E-state index is 0.302. The van der Waals surface area contributed by atoms with E-state index in [2.05, 4.69) is 68.1 Å². The number of rotatable bonds is 5. The van der Waals surface area contributed by atoms with E-state index in [4.69, 9.17) is 4.74 Å². The number of nitrogens with zero attached hydrogens (tertiary/aromatic N) is 1. The zero-order chi connectivity index (χ0) is 17.9. The van der Waals surface area contributed by atoms with E-state index < -0.39 is 0 Å². The summed E-state index contributed by atoms with van der Waals surface area (Å²) in [6.45, 7) is 7.92. The molecular weight excluding hydrogens is 326 g/mol. The molecule has 0 aromatic heterocycles. The number of methoxy groups -OCH3 is 1. The number of aryl methyl sites for hydroxylation is 1. The summed E-state index contributed by atoms with van der Waals surface area (Å²) in [5.41, 5.74) is 4.09. The van der Waals surface area contributed by atoms with Crippen molar-refractivity contribution in [2.45, 2.75) is 44.9 Å². The SMILES string of the molecule is CCCCC1(C)CSc2cc(OC)c(C)cc2N(c2ccccc2)C1. The van der Waals surface area contributed by atoms with E-state index in [-0.39, 0.29) is 0 Å². The van der Waals surface area contributed by atoms with Gasteiger partial charge < -0.3 is 9.64 Å². The normalized spacial score (nSPS) is 20.1. The first-order chi connectivity index (χ1) is 12.1. The monoisotopic (exact) mass is 355 g/mol. The van der Waals surface area contributed by atoms with E-state index in [1.807, 2.05) is 11.8 Å². The standard InChI is InChI=1S/C22H29NOS/c1-5-6-12-22(3)15-23(18-10-8-7-9-11-18)19-13-17(2)20(24-4)14-21(19)25-16-22/h7-11,13-14H,5-6,12,15-16H2,1-4H3. The highest BCUT2D eigenvalue weighted by atomic mass is 32.2. The van der Waals surface area contributed by atoms with Crippen LogP contribution in [-0.4, -0.2) is 19.4 Å². The number of thioether (sulfide) groups is 1. The molecule has 1 heterocycles. The van der Waals surface area contributed by atoms with Crippen molar-refractivity contribution in [3.63, 3.8) is 0 Å². The first-order valence-corrected chi connectivity index (χ1v) is 10.2. The molecule has 1 aliphatic rings. The second kappa shape index (κ2) is 7.74. The molecule has 0 amide bonds. The van der Waals surface area contributed by atoms with Gasteiger partial charge in [0, 0.05) is 22.9 Å². The zero-order valence-electron chi connectivity index (χ0n) is 15.8. The lowest BCUT2D eigenvalue weighted by Crippen LogP contribution is -2.33. The predicted molar refractivity (Wildman–Crippen MR) is 110 cm³/mol. The van der Waals surface area contributed by atoms with Crippen LogP contribution in [0.5, 0.6) is 5.75 Å². The fourth-order valence-corrected chi connectivity index (χ4v) is 4.81. The van der Waals surface area contributed by atoms with E-state index in [0.717, 1.165) is 18.0 Å². The van der Waals surface area contributed by atoms with Gasteiger partial charge in [-0.05, 0) is 48.6 Å². The number of unbranched alkanes of at least 4 members (excludes halogenated alkanes) is 1. The largest absolute Gasteiger partial charge is 0.496 e. The van der Waals surface area contributed by atoms with Gasteiger partial charge in [0.05, 0.1) is 12.8 Å². The third kappa shape index (κ3) is 3.98. The van der Waals surface area contributed by atoms with E-state index in [1.165, 1.54) is 41.1 Å². The molecule has 2 aromatic carbocycles. The van der Waals surface area contributed by atoms with Crippen molar-refractivity contribution in [1.29, 1.82) is 0 Å². The topological polar surface area (TPSA) is 12.5 Å². The van der Waals surface area contributed by atoms with Crippen LogP contribution in [-0.2, 0) is 0 Å². The van der Waals surface area contributed by atoms with E-state index in [0.29, 0.717) is 5.41 Å². The highest BCUT2D eigenvalue weighted by molar-refractivity contribution is 7.99. The molecule has 0 fully saturated rings. The Hall–Kier alpha value is -1.61. The number of para-hydroxylation sites is 1. The van der Waals surface area contributed by atoms with Crippen molar-refractivity contribution in [2.24, 2.45) is 5.41 Å². The molecule has 3 heteroatoms. The van der Waals surface area contributed by atoms with Crippen molar-refractivity contribution in [3.8, 4) is 5.75 Å². The molecule has 0 aliphatic carbocycles. The van der Waals surface area contributed by atoms with Gasteiger partial charge in [-0.2, -0.15) is 0 Å². The van der Waals surface area contributed by atoms with Crippen molar-refractivity contribution >= 4 is 23.1 Å². The van der Waals surface area contributed by atoms with Crippen LogP contribution in [0.2, 0.25) is 0 Å². The van der Waals surface area contributed by atoms with Gasteiger partial charge in [-0.1, -0.05) is 44.9 Å². The Kier molecular flexibility index (Phi) is 5.63. The Morgan fingerprint density at radius 3 is 2.64 bits per heavy atom. The zero-order valence-corrected chi connectivity index (χ0v) is 16.7. The van der Waals surface area contributed by atoms with Crippen LogP contribution in [0.4, 0.5) is 11.4 Å². The quantitative estimate of drug-likeness (QED) is 0.612. The fourth-order valence-electron chi connectivity index (χ4n) is 3.56. The van der Waals surface area contributed by atoms with Crippen LogP contribution in [0.1, 0.15) is 38.7 Å². The van der Waals surface area contributed by atoms with Crippen molar-refractivity contribution in [1.82, 2.24) is 0 Å². The van der Waals surface area contributed by atoms with E-state index in [1.54, 1.807) is 7.11 Å². The molecule has 25 heavy (non-hydrogen) atoms.